The number of hydrogen-bond donors (Lipinski definition) is 1. The number of esters is 1. The zero-order valence-electron chi connectivity index (χ0n) is 21.4. The number of nitrogens with two attached hydrogens (primary N) is 1. The molecule has 0 atom stereocenters. The highest BCUT2D eigenvalue weighted by atomic mass is 16.5. The van der Waals surface area contributed by atoms with Gasteiger partial charge in [-0.2, -0.15) is 5.10 Å². The van der Waals surface area contributed by atoms with Gasteiger partial charge in [0.1, 0.15) is 18.1 Å². The maximum absolute atomic E-state index is 12.1. The first-order valence-corrected chi connectivity index (χ1v) is 12.6. The first kappa shape index (κ1) is 24.4. The molecule has 0 fully saturated rings. The van der Waals surface area contributed by atoms with E-state index in [1.807, 2.05) is 41.1 Å². The fourth-order valence-electron chi connectivity index (χ4n) is 4.63. The van der Waals surface area contributed by atoms with E-state index in [4.69, 9.17) is 20.3 Å². The molecule has 0 saturated carbocycles. The molecular formula is C31H31N3O3. The van der Waals surface area contributed by atoms with Crippen molar-refractivity contribution in [3.8, 4) is 16.9 Å². The lowest BCUT2D eigenvalue weighted by atomic mass is 9.99. The number of ether oxygens (including phenoxy) is 2. The number of carbonyl (C=O) groups is 1. The van der Waals surface area contributed by atoms with Crippen molar-refractivity contribution in [1.29, 1.82) is 0 Å². The molecule has 188 valence electrons. The summed E-state index contributed by atoms with van der Waals surface area (Å²) in [5, 5.41) is 8.22. The zero-order valence-corrected chi connectivity index (χ0v) is 21.4. The van der Waals surface area contributed by atoms with Crippen molar-refractivity contribution >= 4 is 33.3 Å². The quantitative estimate of drug-likeness (QED) is 0.192. The smallest absolute Gasteiger partial charge is 0.310 e. The van der Waals surface area contributed by atoms with Crippen LogP contribution in [0.4, 0.5) is 5.69 Å². The standard InChI is InChI=1S/C31H31N3O3/c1-4-36-31(35)18-25-7-5-6-8-30(25)37-19-28-27-17-24(12-14-29(27)34(33-28)20(2)3)21-9-10-23-16-26(32)13-11-22(23)15-21/h5-17,20H,4,18-19,32H2,1-3H3. The Morgan fingerprint density at radius 3 is 2.49 bits per heavy atom. The highest BCUT2D eigenvalue weighted by Crippen LogP contribution is 2.31. The minimum atomic E-state index is -0.268. The van der Waals surface area contributed by atoms with Crippen molar-refractivity contribution < 1.29 is 14.3 Å². The van der Waals surface area contributed by atoms with Crippen LogP contribution in [0, 0.1) is 0 Å². The molecule has 0 aliphatic rings. The summed E-state index contributed by atoms with van der Waals surface area (Å²) in [7, 11) is 0. The first-order valence-electron chi connectivity index (χ1n) is 12.6. The zero-order chi connectivity index (χ0) is 25.9. The number of para-hydroxylation sites is 1. The molecule has 0 saturated heterocycles. The molecule has 5 rings (SSSR count). The van der Waals surface area contributed by atoms with E-state index in [0.29, 0.717) is 12.4 Å². The lowest BCUT2D eigenvalue weighted by Gasteiger charge is -2.10. The molecular weight excluding hydrogens is 462 g/mol. The van der Waals surface area contributed by atoms with Crippen LogP contribution in [0.15, 0.2) is 78.9 Å². The Morgan fingerprint density at radius 1 is 0.946 bits per heavy atom. The lowest BCUT2D eigenvalue weighted by molar-refractivity contribution is -0.142. The first-order chi connectivity index (χ1) is 17.9. The van der Waals surface area contributed by atoms with Gasteiger partial charge in [-0.05, 0) is 79.1 Å². The number of fused-ring (bicyclic) bond motifs is 2. The van der Waals surface area contributed by atoms with Gasteiger partial charge in [0.15, 0.2) is 0 Å². The molecule has 0 bridgehead atoms. The van der Waals surface area contributed by atoms with Crippen LogP contribution in [0.3, 0.4) is 0 Å². The minimum absolute atomic E-state index is 0.170. The largest absolute Gasteiger partial charge is 0.487 e. The molecule has 4 aromatic carbocycles. The average Bonchev–Trinajstić information content (AvgIpc) is 3.26. The molecule has 1 heterocycles. The number of benzene rings is 4. The summed E-state index contributed by atoms with van der Waals surface area (Å²) in [6.45, 7) is 6.69. The fraction of sp³-hybridized carbons (Fsp3) is 0.226. The predicted octanol–water partition coefficient (Wildman–Crippen LogP) is 6.70. The number of rotatable bonds is 8. The molecule has 1 aromatic heterocycles. The average molecular weight is 494 g/mol. The molecule has 0 spiro atoms. The van der Waals surface area contributed by atoms with Gasteiger partial charge < -0.3 is 15.2 Å². The van der Waals surface area contributed by atoms with Gasteiger partial charge >= 0.3 is 5.97 Å². The topological polar surface area (TPSA) is 79.4 Å². The van der Waals surface area contributed by atoms with Gasteiger partial charge in [-0.15, -0.1) is 0 Å². The van der Waals surface area contributed by atoms with Crippen LogP contribution in [-0.4, -0.2) is 22.4 Å². The maximum atomic E-state index is 12.1. The highest BCUT2D eigenvalue weighted by molar-refractivity contribution is 5.92. The molecule has 0 unspecified atom stereocenters. The number of nitrogen functional groups attached to an aromatic ring is 1. The number of carbonyl (C=O) groups excluding carboxylic acids is 1. The minimum Gasteiger partial charge on any atom is -0.487 e. The van der Waals surface area contributed by atoms with Crippen molar-refractivity contribution in [2.45, 2.75) is 39.8 Å². The van der Waals surface area contributed by atoms with E-state index in [1.165, 1.54) is 0 Å². The summed E-state index contributed by atoms with van der Waals surface area (Å²) in [5.41, 5.74) is 11.7. The summed E-state index contributed by atoms with van der Waals surface area (Å²) < 4.78 is 13.4. The Kier molecular flexibility index (Phi) is 6.82. The van der Waals surface area contributed by atoms with E-state index in [0.717, 1.165) is 49.7 Å². The van der Waals surface area contributed by atoms with Crippen molar-refractivity contribution in [3.05, 3.63) is 90.1 Å². The van der Waals surface area contributed by atoms with Crippen LogP contribution in [0.2, 0.25) is 0 Å². The Bertz CT molecular complexity index is 1590. The summed E-state index contributed by atoms with van der Waals surface area (Å²) in [5.74, 6) is 0.392. The van der Waals surface area contributed by atoms with Crippen molar-refractivity contribution in [1.82, 2.24) is 9.78 Å². The van der Waals surface area contributed by atoms with E-state index in [1.54, 1.807) is 6.92 Å². The van der Waals surface area contributed by atoms with Crippen molar-refractivity contribution in [3.63, 3.8) is 0 Å². The van der Waals surface area contributed by atoms with E-state index < -0.39 is 0 Å². The third-order valence-electron chi connectivity index (χ3n) is 6.45. The molecule has 0 radical (unpaired) electrons. The van der Waals surface area contributed by atoms with E-state index in [9.17, 15) is 4.79 Å². The summed E-state index contributed by atoms with van der Waals surface area (Å²) in [6.07, 6.45) is 0.170. The van der Waals surface area contributed by atoms with Crippen LogP contribution in [-0.2, 0) is 22.6 Å². The fourth-order valence-corrected chi connectivity index (χ4v) is 4.63. The molecule has 5 aromatic rings. The van der Waals surface area contributed by atoms with Gasteiger partial charge in [0.25, 0.3) is 0 Å². The molecule has 0 aliphatic heterocycles. The van der Waals surface area contributed by atoms with Gasteiger partial charge in [-0.3, -0.25) is 9.48 Å². The predicted molar refractivity (Wildman–Crippen MR) is 149 cm³/mol. The highest BCUT2D eigenvalue weighted by Gasteiger charge is 2.16. The van der Waals surface area contributed by atoms with E-state index in [2.05, 4.69) is 56.3 Å². The van der Waals surface area contributed by atoms with Gasteiger partial charge in [0.05, 0.1) is 18.5 Å². The number of aromatic nitrogens is 2. The maximum Gasteiger partial charge on any atom is 0.310 e. The Morgan fingerprint density at radius 2 is 1.68 bits per heavy atom. The van der Waals surface area contributed by atoms with Crippen LogP contribution >= 0.6 is 0 Å². The number of hydrogen-bond acceptors (Lipinski definition) is 5. The van der Waals surface area contributed by atoms with Crippen LogP contribution in [0.5, 0.6) is 5.75 Å². The summed E-state index contributed by atoms with van der Waals surface area (Å²) >= 11 is 0. The van der Waals surface area contributed by atoms with Gasteiger partial charge in [0, 0.05) is 22.7 Å². The van der Waals surface area contributed by atoms with Crippen LogP contribution in [0.25, 0.3) is 32.8 Å². The van der Waals surface area contributed by atoms with Gasteiger partial charge in [-0.25, -0.2) is 0 Å². The van der Waals surface area contributed by atoms with E-state index in [-0.39, 0.29) is 25.0 Å². The molecule has 37 heavy (non-hydrogen) atoms. The molecule has 0 amide bonds. The van der Waals surface area contributed by atoms with E-state index >= 15 is 0 Å². The molecule has 2 N–H and O–H groups in total. The molecule has 6 heteroatoms. The second-order valence-electron chi connectivity index (χ2n) is 9.42. The third-order valence-corrected chi connectivity index (χ3v) is 6.45. The monoisotopic (exact) mass is 493 g/mol. The van der Waals surface area contributed by atoms with Crippen LogP contribution < -0.4 is 10.5 Å². The second-order valence-corrected chi connectivity index (χ2v) is 9.42. The van der Waals surface area contributed by atoms with Crippen molar-refractivity contribution in [2.75, 3.05) is 12.3 Å². The third kappa shape index (κ3) is 5.14. The molecule has 6 nitrogen and oxygen atoms in total. The van der Waals surface area contributed by atoms with Gasteiger partial charge in [0.2, 0.25) is 0 Å². The number of anilines is 1. The SMILES string of the molecule is CCOC(=O)Cc1ccccc1OCc1nn(C(C)C)c2ccc(-c3ccc4cc(N)ccc4c3)cc12. The van der Waals surface area contributed by atoms with Gasteiger partial charge in [-0.1, -0.05) is 42.5 Å². The lowest BCUT2D eigenvalue weighted by Crippen LogP contribution is -2.09. The summed E-state index contributed by atoms with van der Waals surface area (Å²) in [4.78, 5) is 12.1. The van der Waals surface area contributed by atoms with Crippen LogP contribution in [0.1, 0.15) is 38.1 Å². The summed E-state index contributed by atoms with van der Waals surface area (Å²) in [6, 6.07) is 26.6. The Labute approximate surface area is 216 Å². The second kappa shape index (κ2) is 10.3. The Balaban J connectivity index is 1.49. The number of nitrogens with zero attached hydrogens (tertiary/aromatic N) is 2. The normalized spacial score (nSPS) is 11.4. The molecule has 0 aliphatic carbocycles. The Hall–Kier alpha value is -4.32. The van der Waals surface area contributed by atoms with Crippen molar-refractivity contribution in [2.24, 2.45) is 0 Å².